The number of benzene rings is 2. The summed E-state index contributed by atoms with van der Waals surface area (Å²) < 4.78 is 5.72. The molecule has 1 aromatic heterocycles. The predicted molar refractivity (Wildman–Crippen MR) is 124 cm³/mol. The van der Waals surface area contributed by atoms with Crippen molar-refractivity contribution in [1.82, 2.24) is 20.8 Å². The van der Waals surface area contributed by atoms with Crippen molar-refractivity contribution in [2.75, 3.05) is 0 Å². The van der Waals surface area contributed by atoms with Gasteiger partial charge in [-0.25, -0.2) is 10.4 Å². The van der Waals surface area contributed by atoms with Gasteiger partial charge >= 0.3 is 0 Å². The van der Waals surface area contributed by atoms with Crippen LogP contribution >= 0.6 is 0 Å². The first-order chi connectivity index (χ1) is 14.6. The molecule has 3 aromatic rings. The number of nitrogens with zero attached hydrogens (tertiary/aromatic N) is 1. The van der Waals surface area contributed by atoms with Gasteiger partial charge < -0.3 is 9.72 Å². The van der Waals surface area contributed by atoms with Crippen molar-refractivity contribution in [2.45, 2.75) is 59.6 Å². The van der Waals surface area contributed by atoms with E-state index in [1.807, 2.05) is 51.2 Å². The van der Waals surface area contributed by atoms with Gasteiger partial charge in [0.15, 0.2) is 0 Å². The van der Waals surface area contributed by atoms with Crippen LogP contribution in [-0.4, -0.2) is 22.0 Å². The van der Waals surface area contributed by atoms with E-state index in [9.17, 15) is 4.79 Å². The lowest BCUT2D eigenvalue weighted by Gasteiger charge is -2.14. The number of nitrogens with one attached hydrogen (secondary N) is 3. The first-order valence-electron chi connectivity index (χ1n) is 10.6. The van der Waals surface area contributed by atoms with Gasteiger partial charge in [0.25, 0.3) is 5.91 Å². The van der Waals surface area contributed by atoms with Crippen LogP contribution in [0.15, 0.2) is 48.7 Å². The minimum absolute atomic E-state index is 0.0133. The molecule has 0 saturated carbocycles. The number of aromatic amines is 1. The lowest BCUT2D eigenvalue weighted by molar-refractivity contribution is 0.0932. The summed E-state index contributed by atoms with van der Waals surface area (Å²) in [6.45, 7) is 12.8. The molecule has 0 aliphatic rings. The van der Waals surface area contributed by atoms with E-state index in [0.717, 1.165) is 34.0 Å². The standard InChI is InChI=1S/C25H32N4O2/c1-16(2)31-22-12-11-20(13-17(22)3)23(30)29-27-14-18-7-9-19(10-8-18)21-15-26-24(28-21)25(4,5)6/h7-13,15-16,27H,14H2,1-6H3,(H,26,28)(H,29,30). The smallest absolute Gasteiger partial charge is 0.265 e. The number of rotatable bonds is 7. The van der Waals surface area contributed by atoms with Gasteiger partial charge in [-0.2, -0.15) is 0 Å². The normalized spacial score (nSPS) is 11.6. The van der Waals surface area contributed by atoms with Crippen molar-refractivity contribution >= 4 is 5.91 Å². The van der Waals surface area contributed by atoms with Crippen LogP contribution in [0, 0.1) is 6.92 Å². The van der Waals surface area contributed by atoms with Crippen molar-refractivity contribution in [1.29, 1.82) is 0 Å². The Kier molecular flexibility index (Phi) is 6.81. The van der Waals surface area contributed by atoms with Crippen molar-refractivity contribution < 1.29 is 9.53 Å². The van der Waals surface area contributed by atoms with Crippen LogP contribution < -0.4 is 15.6 Å². The van der Waals surface area contributed by atoms with Crippen LogP contribution in [0.4, 0.5) is 0 Å². The summed E-state index contributed by atoms with van der Waals surface area (Å²) in [6, 6.07) is 13.6. The van der Waals surface area contributed by atoms with E-state index in [-0.39, 0.29) is 17.4 Å². The fourth-order valence-electron chi connectivity index (χ4n) is 3.13. The zero-order valence-electron chi connectivity index (χ0n) is 19.2. The van der Waals surface area contributed by atoms with Gasteiger partial charge in [-0.15, -0.1) is 0 Å². The predicted octanol–water partition coefficient (Wildman–Crippen LogP) is 4.90. The molecule has 0 fully saturated rings. The van der Waals surface area contributed by atoms with Crippen molar-refractivity contribution in [3.8, 4) is 17.0 Å². The molecule has 1 amide bonds. The van der Waals surface area contributed by atoms with Gasteiger partial charge in [-0.05, 0) is 55.7 Å². The van der Waals surface area contributed by atoms with E-state index in [4.69, 9.17) is 4.74 Å². The molecular weight excluding hydrogens is 388 g/mol. The Morgan fingerprint density at radius 3 is 2.42 bits per heavy atom. The first-order valence-corrected chi connectivity index (χ1v) is 10.6. The van der Waals surface area contributed by atoms with Gasteiger partial charge in [0, 0.05) is 17.5 Å². The SMILES string of the molecule is Cc1cc(C(=O)NNCc2ccc(-c3cnc(C(C)(C)C)[nH]3)cc2)ccc1OC(C)C. The Hall–Kier alpha value is -3.12. The summed E-state index contributed by atoms with van der Waals surface area (Å²) in [5.41, 5.74) is 10.4. The molecule has 0 saturated heterocycles. The third kappa shape index (κ3) is 5.95. The van der Waals surface area contributed by atoms with Crippen LogP contribution in [0.1, 0.15) is 61.9 Å². The van der Waals surface area contributed by atoms with Crippen LogP contribution in [0.2, 0.25) is 0 Å². The molecule has 6 nitrogen and oxygen atoms in total. The zero-order chi connectivity index (χ0) is 22.6. The molecule has 0 bridgehead atoms. The number of carbonyl (C=O) groups excluding carboxylic acids is 1. The van der Waals surface area contributed by atoms with Gasteiger partial charge in [-0.1, -0.05) is 45.0 Å². The molecule has 0 aliphatic carbocycles. The van der Waals surface area contributed by atoms with Crippen molar-refractivity contribution in [2.24, 2.45) is 0 Å². The lowest BCUT2D eigenvalue weighted by Crippen LogP contribution is -2.36. The number of hydrazine groups is 1. The summed E-state index contributed by atoms with van der Waals surface area (Å²) in [5.74, 6) is 1.59. The molecule has 31 heavy (non-hydrogen) atoms. The van der Waals surface area contributed by atoms with E-state index in [0.29, 0.717) is 12.1 Å². The van der Waals surface area contributed by atoms with Gasteiger partial charge in [0.05, 0.1) is 18.0 Å². The van der Waals surface area contributed by atoms with Crippen molar-refractivity contribution in [3.05, 3.63) is 71.2 Å². The maximum absolute atomic E-state index is 12.4. The minimum Gasteiger partial charge on any atom is -0.491 e. The zero-order valence-corrected chi connectivity index (χ0v) is 19.2. The summed E-state index contributed by atoms with van der Waals surface area (Å²) in [5, 5.41) is 0. The molecule has 0 unspecified atom stereocenters. The molecular formula is C25H32N4O2. The van der Waals surface area contributed by atoms with Gasteiger partial charge in [0.2, 0.25) is 0 Å². The number of hydrogen-bond donors (Lipinski definition) is 3. The van der Waals surface area contributed by atoms with E-state index >= 15 is 0 Å². The Bertz CT molecular complexity index is 1030. The molecule has 164 valence electrons. The number of ether oxygens (including phenoxy) is 1. The fraction of sp³-hybridized carbons (Fsp3) is 0.360. The second-order valence-electron chi connectivity index (χ2n) is 9.05. The molecule has 3 N–H and O–H groups in total. The molecule has 0 aliphatic heterocycles. The Morgan fingerprint density at radius 2 is 1.84 bits per heavy atom. The molecule has 2 aromatic carbocycles. The molecule has 0 spiro atoms. The monoisotopic (exact) mass is 420 g/mol. The Labute approximate surface area is 184 Å². The summed E-state index contributed by atoms with van der Waals surface area (Å²) in [4.78, 5) is 20.3. The highest BCUT2D eigenvalue weighted by Gasteiger charge is 2.17. The highest BCUT2D eigenvalue weighted by Crippen LogP contribution is 2.24. The summed E-state index contributed by atoms with van der Waals surface area (Å²) in [7, 11) is 0. The maximum Gasteiger partial charge on any atom is 0.265 e. The van der Waals surface area contributed by atoms with E-state index < -0.39 is 0 Å². The first kappa shape index (κ1) is 22.6. The highest BCUT2D eigenvalue weighted by atomic mass is 16.5. The van der Waals surface area contributed by atoms with Gasteiger partial charge in [0.1, 0.15) is 11.6 Å². The number of carbonyl (C=O) groups is 1. The lowest BCUT2D eigenvalue weighted by atomic mass is 9.96. The van der Waals surface area contributed by atoms with E-state index in [1.54, 1.807) is 6.07 Å². The minimum atomic E-state index is -0.178. The van der Waals surface area contributed by atoms with E-state index in [1.165, 1.54) is 0 Å². The second kappa shape index (κ2) is 9.35. The molecule has 0 radical (unpaired) electrons. The third-order valence-corrected chi connectivity index (χ3v) is 4.85. The Balaban J connectivity index is 1.54. The quantitative estimate of drug-likeness (QED) is 0.475. The number of aryl methyl sites for hydroxylation is 1. The van der Waals surface area contributed by atoms with E-state index in [2.05, 4.69) is 53.7 Å². The summed E-state index contributed by atoms with van der Waals surface area (Å²) in [6.07, 6.45) is 1.97. The van der Waals surface area contributed by atoms with Crippen molar-refractivity contribution in [3.63, 3.8) is 0 Å². The number of aromatic nitrogens is 2. The second-order valence-corrected chi connectivity index (χ2v) is 9.05. The molecule has 6 heteroatoms. The highest BCUT2D eigenvalue weighted by molar-refractivity contribution is 5.94. The largest absolute Gasteiger partial charge is 0.491 e. The van der Waals surface area contributed by atoms with Crippen LogP contribution in [0.5, 0.6) is 5.75 Å². The Morgan fingerprint density at radius 1 is 1.13 bits per heavy atom. The average molecular weight is 421 g/mol. The van der Waals surface area contributed by atoms with Crippen LogP contribution in [0.3, 0.4) is 0 Å². The number of amides is 1. The fourth-order valence-corrected chi connectivity index (χ4v) is 3.13. The number of H-pyrrole nitrogens is 1. The molecule has 0 atom stereocenters. The molecule has 1 heterocycles. The van der Waals surface area contributed by atoms with Crippen LogP contribution in [-0.2, 0) is 12.0 Å². The van der Waals surface area contributed by atoms with Gasteiger partial charge in [-0.3, -0.25) is 10.2 Å². The number of imidazole rings is 1. The molecule has 3 rings (SSSR count). The average Bonchev–Trinajstić information content (AvgIpc) is 3.20. The topological polar surface area (TPSA) is 79.0 Å². The summed E-state index contributed by atoms with van der Waals surface area (Å²) >= 11 is 0. The third-order valence-electron chi connectivity index (χ3n) is 4.85. The van der Waals surface area contributed by atoms with Crippen LogP contribution in [0.25, 0.3) is 11.3 Å². The number of hydrogen-bond acceptors (Lipinski definition) is 4. The maximum atomic E-state index is 12.4.